The van der Waals surface area contributed by atoms with Crippen LogP contribution in [0.3, 0.4) is 0 Å². The van der Waals surface area contributed by atoms with E-state index in [2.05, 4.69) is 21.2 Å². The molecular formula is C30H35BrF2N2O3. The Bertz CT molecular complexity index is 1140. The second kappa shape index (κ2) is 12.1. The summed E-state index contributed by atoms with van der Waals surface area (Å²) >= 11 is 3.50. The molecule has 204 valence electrons. The van der Waals surface area contributed by atoms with E-state index >= 15 is 0 Å². The highest BCUT2D eigenvalue weighted by Gasteiger charge is 2.43. The van der Waals surface area contributed by atoms with E-state index in [-0.39, 0.29) is 24.1 Å². The van der Waals surface area contributed by atoms with E-state index in [9.17, 15) is 18.4 Å². The molecule has 2 unspecified atom stereocenters. The van der Waals surface area contributed by atoms with Crippen LogP contribution in [0.4, 0.5) is 8.78 Å². The fourth-order valence-electron chi connectivity index (χ4n) is 6.23. The van der Waals surface area contributed by atoms with Crippen LogP contribution in [0.5, 0.6) is 5.75 Å². The van der Waals surface area contributed by atoms with Gasteiger partial charge in [-0.05, 0) is 55.5 Å². The van der Waals surface area contributed by atoms with Crippen LogP contribution < -0.4 is 10.1 Å². The molecule has 2 aromatic rings. The van der Waals surface area contributed by atoms with Crippen molar-refractivity contribution in [3.8, 4) is 5.75 Å². The van der Waals surface area contributed by atoms with Crippen molar-refractivity contribution in [2.45, 2.75) is 95.4 Å². The first-order valence-electron chi connectivity index (χ1n) is 13.9. The lowest BCUT2D eigenvalue weighted by Gasteiger charge is -2.33. The number of nitrogens with one attached hydrogen (secondary N) is 1. The molecule has 5 rings (SSSR count). The van der Waals surface area contributed by atoms with Crippen LogP contribution in [0.1, 0.15) is 87.8 Å². The average molecular weight is 590 g/mol. The summed E-state index contributed by atoms with van der Waals surface area (Å²) in [4.78, 5) is 29.5. The Kier molecular flexibility index (Phi) is 8.66. The lowest BCUT2D eigenvalue weighted by molar-refractivity contribution is -0.146. The number of ether oxygens (including phenoxy) is 1. The molecule has 2 amide bonds. The van der Waals surface area contributed by atoms with Crippen LogP contribution >= 0.6 is 15.9 Å². The highest BCUT2D eigenvalue weighted by molar-refractivity contribution is 9.10. The van der Waals surface area contributed by atoms with Gasteiger partial charge in [0.05, 0.1) is 6.54 Å². The van der Waals surface area contributed by atoms with Crippen LogP contribution in [0.2, 0.25) is 0 Å². The summed E-state index contributed by atoms with van der Waals surface area (Å²) in [6.07, 6.45) is 10.1. The molecular weight excluding hydrogens is 554 g/mol. The van der Waals surface area contributed by atoms with Gasteiger partial charge in [0.15, 0.2) is 6.10 Å². The number of hydrogen-bond acceptors (Lipinski definition) is 3. The molecule has 0 saturated heterocycles. The number of hydrogen-bond donors (Lipinski definition) is 1. The smallest absolute Gasteiger partial charge is 0.264 e. The number of nitrogens with zero attached hydrogens (tertiary/aromatic N) is 1. The molecule has 5 nitrogen and oxygen atoms in total. The first-order valence-corrected chi connectivity index (χ1v) is 14.7. The fraction of sp³-hybridized carbons (Fsp3) is 0.533. The van der Waals surface area contributed by atoms with Crippen molar-refractivity contribution in [3.63, 3.8) is 0 Å². The predicted octanol–water partition coefficient (Wildman–Crippen LogP) is 6.98. The first kappa shape index (κ1) is 27.1. The van der Waals surface area contributed by atoms with Crippen molar-refractivity contribution in [1.82, 2.24) is 10.2 Å². The van der Waals surface area contributed by atoms with Crippen LogP contribution in [0, 0.1) is 17.6 Å². The zero-order chi connectivity index (χ0) is 26.6. The molecule has 8 heteroatoms. The highest BCUT2D eigenvalue weighted by atomic mass is 79.9. The van der Waals surface area contributed by atoms with Gasteiger partial charge in [0.1, 0.15) is 23.4 Å². The molecule has 2 saturated carbocycles. The molecule has 2 fully saturated rings. The third-order valence-corrected chi connectivity index (χ3v) is 8.76. The van der Waals surface area contributed by atoms with Crippen molar-refractivity contribution < 1.29 is 23.1 Å². The van der Waals surface area contributed by atoms with E-state index in [0.717, 1.165) is 62.3 Å². The molecule has 2 aliphatic carbocycles. The first-order chi connectivity index (χ1) is 18.4. The molecule has 2 aromatic carbocycles. The van der Waals surface area contributed by atoms with Crippen LogP contribution in [0.25, 0.3) is 0 Å². The summed E-state index contributed by atoms with van der Waals surface area (Å²) in [7, 11) is 0. The number of carbonyl (C=O) groups is 2. The Morgan fingerprint density at radius 1 is 0.974 bits per heavy atom. The number of benzene rings is 2. The minimum Gasteiger partial charge on any atom is -0.480 e. The SMILES string of the molecule is O=C(NC1CCCCC1)C1c2cc(Br)ccc2OC(CC2CCCCC2)C(=O)N1Cc1c(F)cccc1F. The van der Waals surface area contributed by atoms with Crippen molar-refractivity contribution in [2.75, 3.05) is 0 Å². The summed E-state index contributed by atoms with van der Waals surface area (Å²) in [6.45, 7) is -0.365. The third-order valence-electron chi connectivity index (χ3n) is 8.27. The molecule has 3 aliphatic rings. The minimum atomic E-state index is -1.08. The van der Waals surface area contributed by atoms with Crippen molar-refractivity contribution in [2.24, 2.45) is 5.92 Å². The Balaban J connectivity index is 1.55. The molecule has 0 aromatic heterocycles. The molecule has 1 heterocycles. The van der Waals surface area contributed by atoms with Crippen LogP contribution in [0.15, 0.2) is 40.9 Å². The molecule has 1 N–H and O–H groups in total. The summed E-state index contributed by atoms with van der Waals surface area (Å²) < 4.78 is 36.8. The van der Waals surface area contributed by atoms with Gasteiger partial charge in [-0.1, -0.05) is 73.4 Å². The molecule has 0 spiro atoms. The zero-order valence-corrected chi connectivity index (χ0v) is 23.2. The number of halogens is 3. The molecule has 38 heavy (non-hydrogen) atoms. The highest BCUT2D eigenvalue weighted by Crippen LogP contribution is 2.40. The third kappa shape index (κ3) is 6.05. The van der Waals surface area contributed by atoms with E-state index < -0.39 is 29.7 Å². The summed E-state index contributed by atoms with van der Waals surface area (Å²) in [5.74, 6) is -1.45. The molecule has 0 bridgehead atoms. The van der Waals surface area contributed by atoms with Gasteiger partial charge in [-0.3, -0.25) is 9.59 Å². The quantitative estimate of drug-likeness (QED) is 0.396. The minimum absolute atomic E-state index is 0.0104. The normalized spacial score (nSPS) is 22.9. The maximum Gasteiger partial charge on any atom is 0.264 e. The van der Waals surface area contributed by atoms with Crippen LogP contribution in [-0.2, 0) is 16.1 Å². The monoisotopic (exact) mass is 588 g/mol. The number of rotatable bonds is 6. The number of carbonyl (C=O) groups excluding carboxylic acids is 2. The van der Waals surface area contributed by atoms with Gasteiger partial charge in [0, 0.05) is 21.6 Å². The summed E-state index contributed by atoms with van der Waals surface area (Å²) in [6, 6.07) is 7.96. The van der Waals surface area contributed by atoms with E-state index in [4.69, 9.17) is 4.74 Å². The molecule has 0 radical (unpaired) electrons. The molecule has 2 atom stereocenters. The topological polar surface area (TPSA) is 58.6 Å². The number of fused-ring (bicyclic) bond motifs is 1. The largest absolute Gasteiger partial charge is 0.480 e. The van der Waals surface area contributed by atoms with Gasteiger partial charge < -0.3 is 15.0 Å². The summed E-state index contributed by atoms with van der Waals surface area (Å²) in [5, 5.41) is 3.15. The maximum absolute atomic E-state index is 14.8. The average Bonchev–Trinajstić information content (AvgIpc) is 3.02. The van der Waals surface area contributed by atoms with Crippen molar-refractivity contribution >= 4 is 27.7 Å². The van der Waals surface area contributed by atoms with Gasteiger partial charge in [-0.25, -0.2) is 8.78 Å². The molecule has 1 aliphatic heterocycles. The Hall–Kier alpha value is -2.48. The van der Waals surface area contributed by atoms with Crippen molar-refractivity contribution in [1.29, 1.82) is 0 Å². The lowest BCUT2D eigenvalue weighted by atomic mass is 9.85. The Labute approximate surface area is 231 Å². The fourth-order valence-corrected chi connectivity index (χ4v) is 6.61. The van der Waals surface area contributed by atoms with E-state index in [1.165, 1.54) is 29.5 Å². The second-order valence-corrected chi connectivity index (χ2v) is 11.9. The van der Waals surface area contributed by atoms with Gasteiger partial charge in [-0.15, -0.1) is 0 Å². The van der Waals surface area contributed by atoms with Gasteiger partial charge in [0.2, 0.25) is 5.91 Å². The van der Waals surface area contributed by atoms with E-state index in [1.807, 2.05) is 6.07 Å². The summed E-state index contributed by atoms with van der Waals surface area (Å²) in [5.41, 5.74) is 0.287. The van der Waals surface area contributed by atoms with E-state index in [0.29, 0.717) is 23.7 Å². The Morgan fingerprint density at radius 2 is 1.63 bits per heavy atom. The van der Waals surface area contributed by atoms with Gasteiger partial charge in [0.25, 0.3) is 5.91 Å². The Morgan fingerprint density at radius 3 is 2.32 bits per heavy atom. The standard InChI is InChI=1S/C30H35BrF2N2O3/c31-20-14-15-26-22(17-20)28(29(36)34-21-10-5-2-6-11-21)35(18-23-24(32)12-7-13-25(23)33)30(37)27(38-26)16-19-8-3-1-4-9-19/h7,12-15,17,19,21,27-28H,1-6,8-11,16,18H2,(H,34,36). The zero-order valence-electron chi connectivity index (χ0n) is 21.6. The van der Waals surface area contributed by atoms with Crippen LogP contribution in [-0.4, -0.2) is 28.9 Å². The van der Waals surface area contributed by atoms with Gasteiger partial charge in [-0.2, -0.15) is 0 Å². The predicted molar refractivity (Wildman–Crippen MR) is 144 cm³/mol. The maximum atomic E-state index is 14.8. The van der Waals surface area contributed by atoms with Gasteiger partial charge >= 0.3 is 0 Å². The number of amides is 2. The van der Waals surface area contributed by atoms with Crippen molar-refractivity contribution in [3.05, 3.63) is 63.6 Å². The second-order valence-electron chi connectivity index (χ2n) is 10.9. The lowest BCUT2D eigenvalue weighted by Crippen LogP contribution is -2.49. The van der Waals surface area contributed by atoms with E-state index in [1.54, 1.807) is 12.1 Å².